The monoisotopic (exact) mass is 482 g/mol. The molecule has 0 aliphatic carbocycles. The molecule has 1 aromatic carbocycles. The molecule has 5 aromatic rings. The van der Waals surface area contributed by atoms with Crippen LogP contribution in [-0.4, -0.2) is 48.9 Å². The molecule has 7 nitrogen and oxygen atoms in total. The Balaban J connectivity index is 1.44. The lowest BCUT2D eigenvalue weighted by atomic mass is 10.1. The molecule has 1 amide bonds. The van der Waals surface area contributed by atoms with Crippen LogP contribution in [0.5, 0.6) is 0 Å². The van der Waals surface area contributed by atoms with Crippen molar-refractivity contribution in [2.24, 2.45) is 5.73 Å². The number of piperidine rings is 1. The summed E-state index contributed by atoms with van der Waals surface area (Å²) in [6, 6.07) is 14.5. The predicted octanol–water partition coefficient (Wildman–Crippen LogP) is 4.41. The van der Waals surface area contributed by atoms with Gasteiger partial charge in [-0.3, -0.25) is 9.78 Å². The van der Waals surface area contributed by atoms with E-state index in [1.165, 1.54) is 6.07 Å². The minimum absolute atomic E-state index is 0.0165. The van der Waals surface area contributed by atoms with Gasteiger partial charge in [-0.2, -0.15) is 0 Å². The molecule has 0 bridgehead atoms. The topological polar surface area (TPSA) is 81.5 Å². The van der Waals surface area contributed by atoms with Crippen LogP contribution in [0, 0.1) is 12.7 Å². The Bertz CT molecular complexity index is 1590. The molecule has 8 heteroatoms. The second-order valence-electron chi connectivity index (χ2n) is 9.52. The van der Waals surface area contributed by atoms with Gasteiger partial charge in [-0.25, -0.2) is 9.37 Å². The number of hydrogen-bond donors (Lipinski definition) is 1. The lowest BCUT2D eigenvalue weighted by molar-refractivity contribution is 0.0709. The Hall–Kier alpha value is -4.04. The van der Waals surface area contributed by atoms with Gasteiger partial charge in [0.2, 0.25) is 0 Å². The van der Waals surface area contributed by atoms with Crippen LogP contribution in [0.4, 0.5) is 4.39 Å². The van der Waals surface area contributed by atoms with Crippen LogP contribution >= 0.6 is 0 Å². The van der Waals surface area contributed by atoms with E-state index in [0.29, 0.717) is 24.3 Å². The van der Waals surface area contributed by atoms with Crippen molar-refractivity contribution in [3.05, 3.63) is 89.8 Å². The molecule has 2 N–H and O–H groups in total. The molecule has 5 heterocycles. The van der Waals surface area contributed by atoms with E-state index in [-0.39, 0.29) is 17.8 Å². The number of aromatic nitrogens is 4. The van der Waals surface area contributed by atoms with Gasteiger partial charge in [0.15, 0.2) is 0 Å². The zero-order chi connectivity index (χ0) is 24.8. The van der Waals surface area contributed by atoms with Gasteiger partial charge in [0.05, 0.1) is 11.2 Å². The number of fused-ring (bicyclic) bond motifs is 2. The maximum atomic E-state index is 14.2. The molecule has 1 unspecified atom stereocenters. The first kappa shape index (κ1) is 22.4. The van der Waals surface area contributed by atoms with Gasteiger partial charge in [-0.05, 0) is 73.9 Å². The first-order valence-corrected chi connectivity index (χ1v) is 12.2. The number of halogens is 1. The van der Waals surface area contributed by atoms with Gasteiger partial charge in [0, 0.05) is 60.9 Å². The van der Waals surface area contributed by atoms with Gasteiger partial charge in [0.1, 0.15) is 17.2 Å². The number of aryl methyl sites for hydroxylation is 1. The Labute approximate surface area is 208 Å². The van der Waals surface area contributed by atoms with Crippen LogP contribution in [-0.2, 0) is 6.54 Å². The number of nitrogens with two attached hydrogens (primary N) is 1. The number of carbonyl (C=O) groups is 1. The van der Waals surface area contributed by atoms with Crippen molar-refractivity contribution in [1.29, 1.82) is 0 Å². The SMILES string of the molecule is Cc1c(-c2cc3ccc(F)cc3n2Cc2ccncc2)nc2cc(C(=O)N3CCCC(N)C3)ccn12. The van der Waals surface area contributed by atoms with Gasteiger partial charge < -0.3 is 19.6 Å². The Morgan fingerprint density at radius 2 is 1.97 bits per heavy atom. The molecular formula is C28H27FN6O. The Morgan fingerprint density at radius 3 is 2.78 bits per heavy atom. The van der Waals surface area contributed by atoms with E-state index in [4.69, 9.17) is 10.7 Å². The van der Waals surface area contributed by atoms with Crippen molar-refractivity contribution in [1.82, 2.24) is 23.8 Å². The lowest BCUT2D eigenvalue weighted by Gasteiger charge is -2.30. The fourth-order valence-corrected chi connectivity index (χ4v) is 5.18. The fraction of sp³-hybridized carbons (Fsp3) is 0.250. The number of benzene rings is 1. The lowest BCUT2D eigenvalue weighted by Crippen LogP contribution is -2.45. The van der Waals surface area contributed by atoms with Crippen molar-refractivity contribution in [3.8, 4) is 11.4 Å². The summed E-state index contributed by atoms with van der Waals surface area (Å²) < 4.78 is 18.3. The molecule has 0 saturated carbocycles. The zero-order valence-corrected chi connectivity index (χ0v) is 20.1. The van der Waals surface area contributed by atoms with Gasteiger partial charge in [-0.15, -0.1) is 0 Å². The minimum Gasteiger partial charge on any atom is -0.337 e. The molecule has 182 valence electrons. The van der Waals surface area contributed by atoms with Gasteiger partial charge >= 0.3 is 0 Å². The summed E-state index contributed by atoms with van der Waals surface area (Å²) in [5.41, 5.74) is 11.9. The maximum Gasteiger partial charge on any atom is 0.254 e. The number of hydrogen-bond acceptors (Lipinski definition) is 4. The summed E-state index contributed by atoms with van der Waals surface area (Å²) in [4.78, 5) is 24.0. The van der Waals surface area contributed by atoms with Crippen molar-refractivity contribution in [3.63, 3.8) is 0 Å². The third-order valence-electron chi connectivity index (χ3n) is 7.06. The van der Waals surface area contributed by atoms with Crippen LogP contribution in [0.1, 0.15) is 34.5 Å². The molecule has 1 atom stereocenters. The number of nitrogens with zero attached hydrogens (tertiary/aromatic N) is 5. The first-order chi connectivity index (χ1) is 17.5. The van der Waals surface area contributed by atoms with Crippen LogP contribution in [0.3, 0.4) is 0 Å². The van der Waals surface area contributed by atoms with E-state index >= 15 is 0 Å². The second kappa shape index (κ2) is 8.87. The minimum atomic E-state index is -0.282. The summed E-state index contributed by atoms with van der Waals surface area (Å²) in [5, 5.41) is 0.939. The largest absolute Gasteiger partial charge is 0.337 e. The number of imidazole rings is 1. The molecule has 1 aliphatic heterocycles. The standard InChI is InChI=1S/C28H27FN6O/c1-18-27(32-26-14-21(8-12-34(18)26)28(36)33-11-2-3-23(30)17-33)25-13-20-4-5-22(29)15-24(20)35(25)16-19-6-9-31-10-7-19/h4-10,12-15,23H,2-3,11,16-17,30H2,1H3. The van der Waals surface area contributed by atoms with E-state index in [9.17, 15) is 9.18 Å². The normalized spacial score (nSPS) is 16.2. The highest BCUT2D eigenvalue weighted by Gasteiger charge is 2.24. The van der Waals surface area contributed by atoms with Gasteiger partial charge in [-0.1, -0.05) is 0 Å². The second-order valence-corrected chi connectivity index (χ2v) is 9.52. The van der Waals surface area contributed by atoms with Crippen molar-refractivity contribution >= 4 is 22.5 Å². The highest BCUT2D eigenvalue weighted by molar-refractivity contribution is 5.95. The molecule has 0 spiro atoms. The number of pyridine rings is 2. The van der Waals surface area contributed by atoms with Crippen LogP contribution in [0.15, 0.2) is 67.1 Å². The maximum absolute atomic E-state index is 14.2. The Kier molecular flexibility index (Phi) is 5.53. The average Bonchev–Trinajstić information content (AvgIpc) is 3.40. The summed E-state index contributed by atoms with van der Waals surface area (Å²) >= 11 is 0. The van der Waals surface area contributed by atoms with E-state index in [1.54, 1.807) is 24.5 Å². The predicted molar refractivity (Wildman–Crippen MR) is 137 cm³/mol. The Morgan fingerprint density at radius 1 is 1.14 bits per heavy atom. The number of carbonyl (C=O) groups excluding carboxylic acids is 1. The summed E-state index contributed by atoms with van der Waals surface area (Å²) in [5.74, 6) is -0.299. The number of likely N-dealkylation sites (tertiary alicyclic amines) is 1. The molecule has 6 rings (SSSR count). The molecule has 1 saturated heterocycles. The molecule has 1 fully saturated rings. The zero-order valence-electron chi connectivity index (χ0n) is 20.1. The first-order valence-electron chi connectivity index (χ1n) is 12.2. The van der Waals surface area contributed by atoms with E-state index in [2.05, 4.69) is 9.55 Å². The summed E-state index contributed by atoms with van der Waals surface area (Å²) in [7, 11) is 0. The third-order valence-corrected chi connectivity index (χ3v) is 7.06. The van der Waals surface area contributed by atoms with Crippen LogP contribution < -0.4 is 5.73 Å². The summed E-state index contributed by atoms with van der Waals surface area (Å²) in [6.07, 6.45) is 7.28. The van der Waals surface area contributed by atoms with Crippen molar-refractivity contribution < 1.29 is 9.18 Å². The van der Waals surface area contributed by atoms with Crippen LogP contribution in [0.2, 0.25) is 0 Å². The quantitative estimate of drug-likeness (QED) is 0.411. The average molecular weight is 483 g/mol. The van der Waals surface area contributed by atoms with E-state index in [1.807, 2.05) is 52.8 Å². The van der Waals surface area contributed by atoms with E-state index in [0.717, 1.165) is 52.9 Å². The highest BCUT2D eigenvalue weighted by Crippen LogP contribution is 2.32. The number of rotatable bonds is 4. The van der Waals surface area contributed by atoms with Crippen LogP contribution in [0.25, 0.3) is 27.9 Å². The molecular weight excluding hydrogens is 455 g/mol. The summed E-state index contributed by atoms with van der Waals surface area (Å²) in [6.45, 7) is 3.86. The molecule has 0 radical (unpaired) electrons. The van der Waals surface area contributed by atoms with Gasteiger partial charge in [0.25, 0.3) is 5.91 Å². The molecule has 4 aromatic heterocycles. The fourth-order valence-electron chi connectivity index (χ4n) is 5.18. The van der Waals surface area contributed by atoms with Crippen molar-refractivity contribution in [2.45, 2.75) is 32.4 Å². The third kappa shape index (κ3) is 3.93. The highest BCUT2D eigenvalue weighted by atomic mass is 19.1. The van der Waals surface area contributed by atoms with Crippen molar-refractivity contribution in [2.75, 3.05) is 13.1 Å². The smallest absolute Gasteiger partial charge is 0.254 e. The molecule has 1 aliphatic rings. The number of amides is 1. The molecule has 36 heavy (non-hydrogen) atoms. The van der Waals surface area contributed by atoms with E-state index < -0.39 is 0 Å².